The van der Waals surface area contributed by atoms with E-state index in [0.29, 0.717) is 5.56 Å². The van der Waals surface area contributed by atoms with Crippen molar-refractivity contribution >= 4 is 17.2 Å². The van der Waals surface area contributed by atoms with Crippen molar-refractivity contribution < 1.29 is 9.90 Å². The van der Waals surface area contributed by atoms with Crippen LogP contribution in [0.25, 0.3) is 10.6 Å². The monoisotopic (exact) mass is 305 g/mol. The summed E-state index contributed by atoms with van der Waals surface area (Å²) < 4.78 is 1.68. The van der Waals surface area contributed by atoms with E-state index in [9.17, 15) is 9.90 Å². The lowest BCUT2D eigenvalue weighted by Gasteiger charge is -2.26. The lowest BCUT2D eigenvalue weighted by molar-refractivity contribution is 0.0868. The molecule has 0 unspecified atom stereocenters. The third kappa shape index (κ3) is 3.16. The first-order valence-electron chi connectivity index (χ1n) is 7.20. The van der Waals surface area contributed by atoms with Crippen LogP contribution in [0.3, 0.4) is 0 Å². The third-order valence-corrected chi connectivity index (χ3v) is 4.74. The van der Waals surface area contributed by atoms with Gasteiger partial charge in [0, 0.05) is 19.3 Å². The first kappa shape index (κ1) is 14.3. The Labute approximate surface area is 127 Å². The van der Waals surface area contributed by atoms with E-state index in [4.69, 9.17) is 0 Å². The first-order valence-corrected chi connectivity index (χ1v) is 8.08. The van der Waals surface area contributed by atoms with Crippen LogP contribution in [0.5, 0.6) is 0 Å². The van der Waals surface area contributed by atoms with E-state index in [2.05, 4.69) is 10.4 Å². The lowest BCUT2D eigenvalue weighted by Crippen LogP contribution is -2.38. The molecule has 0 aliphatic heterocycles. The zero-order valence-corrected chi connectivity index (χ0v) is 12.8. The van der Waals surface area contributed by atoms with Gasteiger partial charge < -0.3 is 10.4 Å². The van der Waals surface area contributed by atoms with Gasteiger partial charge in [-0.15, -0.1) is 11.3 Å². The Balaban J connectivity index is 1.76. The second-order valence-electron chi connectivity index (χ2n) is 5.52. The molecular weight excluding hydrogens is 286 g/mol. The minimum Gasteiger partial charge on any atom is -0.393 e. The lowest BCUT2D eigenvalue weighted by atomic mass is 9.93. The highest BCUT2D eigenvalue weighted by Crippen LogP contribution is 2.27. The number of carbonyl (C=O) groups excluding carboxylic acids is 1. The van der Waals surface area contributed by atoms with Gasteiger partial charge in [-0.2, -0.15) is 5.10 Å². The maximum absolute atomic E-state index is 12.5. The van der Waals surface area contributed by atoms with Gasteiger partial charge in [0.25, 0.3) is 5.91 Å². The van der Waals surface area contributed by atoms with E-state index in [1.54, 1.807) is 22.2 Å². The molecule has 1 amide bonds. The van der Waals surface area contributed by atoms with Crippen LogP contribution in [-0.4, -0.2) is 32.9 Å². The zero-order valence-electron chi connectivity index (χ0n) is 12.0. The van der Waals surface area contributed by atoms with Gasteiger partial charge in [-0.1, -0.05) is 6.07 Å². The second-order valence-corrected chi connectivity index (χ2v) is 6.47. The molecule has 6 heteroatoms. The molecule has 0 saturated heterocycles. The van der Waals surface area contributed by atoms with Gasteiger partial charge in [-0.3, -0.25) is 9.48 Å². The van der Waals surface area contributed by atoms with E-state index in [1.165, 1.54) is 0 Å². The highest BCUT2D eigenvalue weighted by molar-refractivity contribution is 7.13. The largest absolute Gasteiger partial charge is 0.393 e. The van der Waals surface area contributed by atoms with Crippen molar-refractivity contribution in [2.75, 3.05) is 0 Å². The number of rotatable bonds is 3. The summed E-state index contributed by atoms with van der Waals surface area (Å²) in [7, 11) is 1.82. The van der Waals surface area contributed by atoms with Gasteiger partial charge in [0.15, 0.2) is 0 Å². The highest BCUT2D eigenvalue weighted by Gasteiger charge is 2.24. The van der Waals surface area contributed by atoms with Crippen molar-refractivity contribution in [1.29, 1.82) is 0 Å². The molecule has 0 bridgehead atoms. The van der Waals surface area contributed by atoms with Crippen molar-refractivity contribution in [2.24, 2.45) is 7.05 Å². The van der Waals surface area contributed by atoms with Crippen molar-refractivity contribution in [3.63, 3.8) is 0 Å². The van der Waals surface area contributed by atoms with Crippen molar-refractivity contribution in [3.05, 3.63) is 29.3 Å². The maximum atomic E-state index is 12.5. The zero-order chi connectivity index (χ0) is 14.8. The van der Waals surface area contributed by atoms with Crippen molar-refractivity contribution in [3.8, 4) is 10.6 Å². The number of amides is 1. The fourth-order valence-electron chi connectivity index (χ4n) is 2.73. The quantitative estimate of drug-likeness (QED) is 0.913. The van der Waals surface area contributed by atoms with E-state index < -0.39 is 0 Å². The number of thiophene rings is 1. The highest BCUT2D eigenvalue weighted by atomic mass is 32.1. The average Bonchev–Trinajstić information content (AvgIpc) is 3.10. The molecule has 2 aromatic rings. The van der Waals surface area contributed by atoms with E-state index in [1.807, 2.05) is 24.6 Å². The Morgan fingerprint density at radius 2 is 2.19 bits per heavy atom. The normalized spacial score (nSPS) is 22.2. The minimum absolute atomic E-state index is 0.0760. The van der Waals surface area contributed by atoms with E-state index in [-0.39, 0.29) is 18.1 Å². The summed E-state index contributed by atoms with van der Waals surface area (Å²) in [6.45, 7) is 0. The standard InChI is InChI=1S/C15H19N3O2S/c1-18-9-12(14(17-18)13-3-2-8-21-13)15(20)16-10-4-6-11(19)7-5-10/h2-3,8-11,19H,4-7H2,1H3,(H,16,20). The fraction of sp³-hybridized carbons (Fsp3) is 0.467. The average molecular weight is 305 g/mol. The third-order valence-electron chi connectivity index (χ3n) is 3.86. The van der Waals surface area contributed by atoms with Gasteiger partial charge >= 0.3 is 0 Å². The van der Waals surface area contributed by atoms with Crippen LogP contribution < -0.4 is 5.32 Å². The SMILES string of the molecule is Cn1cc(C(=O)NC2CCC(O)CC2)c(-c2cccs2)n1. The number of aliphatic hydroxyl groups excluding tert-OH is 1. The number of carbonyl (C=O) groups is 1. The topological polar surface area (TPSA) is 67.2 Å². The van der Waals surface area contributed by atoms with Crippen LogP contribution in [0.2, 0.25) is 0 Å². The first-order chi connectivity index (χ1) is 10.1. The summed E-state index contributed by atoms with van der Waals surface area (Å²) >= 11 is 1.58. The molecule has 3 rings (SSSR count). The summed E-state index contributed by atoms with van der Waals surface area (Å²) in [6.07, 6.45) is 4.74. The molecule has 0 aromatic carbocycles. The molecule has 21 heavy (non-hydrogen) atoms. The fourth-order valence-corrected chi connectivity index (χ4v) is 3.46. The van der Waals surface area contributed by atoms with Crippen LogP contribution in [0, 0.1) is 0 Å². The minimum atomic E-state index is -0.210. The molecule has 2 aromatic heterocycles. The summed E-state index contributed by atoms with van der Waals surface area (Å²) in [5, 5.41) is 19.0. The molecule has 0 spiro atoms. The molecule has 1 fully saturated rings. The predicted molar refractivity (Wildman–Crippen MR) is 82.3 cm³/mol. The Morgan fingerprint density at radius 1 is 1.43 bits per heavy atom. The summed E-state index contributed by atoms with van der Waals surface area (Å²) in [4.78, 5) is 13.5. The van der Waals surface area contributed by atoms with Gasteiger partial charge in [0.2, 0.25) is 0 Å². The Kier molecular flexibility index (Phi) is 4.07. The van der Waals surface area contributed by atoms with Crippen LogP contribution in [0.1, 0.15) is 36.0 Å². The molecular formula is C15H19N3O2S. The summed E-state index contributed by atoms with van der Waals surface area (Å²) in [5.41, 5.74) is 1.35. The van der Waals surface area contributed by atoms with Crippen LogP contribution >= 0.6 is 11.3 Å². The molecule has 2 heterocycles. The van der Waals surface area contributed by atoms with Crippen LogP contribution in [-0.2, 0) is 7.05 Å². The molecule has 0 atom stereocenters. The van der Waals surface area contributed by atoms with Gasteiger partial charge in [-0.25, -0.2) is 0 Å². The molecule has 2 N–H and O–H groups in total. The molecule has 112 valence electrons. The number of hydrogen-bond donors (Lipinski definition) is 2. The van der Waals surface area contributed by atoms with Gasteiger partial charge in [-0.05, 0) is 37.1 Å². The number of nitrogens with one attached hydrogen (secondary N) is 1. The maximum Gasteiger partial charge on any atom is 0.255 e. The van der Waals surface area contributed by atoms with Gasteiger partial charge in [0.05, 0.1) is 16.5 Å². The number of hydrogen-bond acceptors (Lipinski definition) is 4. The van der Waals surface area contributed by atoms with Crippen LogP contribution in [0.15, 0.2) is 23.7 Å². The molecule has 1 aliphatic rings. The predicted octanol–water partition coefficient (Wildman–Crippen LogP) is 2.18. The molecule has 5 nitrogen and oxygen atoms in total. The van der Waals surface area contributed by atoms with Gasteiger partial charge in [0.1, 0.15) is 5.69 Å². The summed E-state index contributed by atoms with van der Waals surface area (Å²) in [5.74, 6) is -0.0760. The van der Waals surface area contributed by atoms with Crippen molar-refractivity contribution in [2.45, 2.75) is 37.8 Å². The van der Waals surface area contributed by atoms with Crippen LogP contribution in [0.4, 0.5) is 0 Å². The number of nitrogens with zero attached hydrogens (tertiary/aromatic N) is 2. The second kappa shape index (κ2) is 5.99. The number of aliphatic hydroxyl groups is 1. The Hall–Kier alpha value is -1.66. The van der Waals surface area contributed by atoms with Crippen molar-refractivity contribution in [1.82, 2.24) is 15.1 Å². The Morgan fingerprint density at radius 3 is 2.86 bits per heavy atom. The molecule has 1 saturated carbocycles. The molecule has 0 radical (unpaired) electrons. The molecule has 1 aliphatic carbocycles. The van der Waals surface area contributed by atoms with E-state index in [0.717, 1.165) is 36.3 Å². The Bertz CT molecular complexity index is 613. The smallest absolute Gasteiger partial charge is 0.255 e. The van der Waals surface area contributed by atoms with E-state index >= 15 is 0 Å². The number of aryl methyl sites for hydroxylation is 1. The summed E-state index contributed by atoms with van der Waals surface area (Å²) in [6, 6.07) is 4.08. The number of aromatic nitrogens is 2.